The van der Waals surface area contributed by atoms with Crippen molar-refractivity contribution < 1.29 is 24.6 Å². The molecule has 0 aliphatic heterocycles. The number of aliphatic hydroxyl groups is 2. The van der Waals surface area contributed by atoms with Crippen LogP contribution in [0.3, 0.4) is 0 Å². The molecule has 1 aromatic carbocycles. The number of hydrogen-bond acceptors (Lipinski definition) is 5. The molecule has 0 fully saturated rings. The number of hydrogen-bond donors (Lipinski definition) is 3. The van der Waals surface area contributed by atoms with E-state index in [2.05, 4.69) is 12.6 Å². The molecule has 0 amide bonds. The summed E-state index contributed by atoms with van der Waals surface area (Å²) >= 11 is 4.33. The van der Waals surface area contributed by atoms with Crippen molar-refractivity contribution in [1.82, 2.24) is 0 Å². The number of quaternary nitrogens is 1. The normalized spacial score (nSPS) is 14.0. The molecule has 0 aliphatic rings. The number of aromatic hydroxyl groups is 1. The lowest BCUT2D eigenvalue weighted by Crippen LogP contribution is -2.53. The minimum atomic E-state index is -0.530. The first-order valence-corrected chi connectivity index (χ1v) is 6.20. The van der Waals surface area contributed by atoms with E-state index in [1.807, 2.05) is 0 Å². The van der Waals surface area contributed by atoms with Crippen LogP contribution in [0.15, 0.2) is 24.3 Å². The highest BCUT2D eigenvalue weighted by atomic mass is 32.1. The van der Waals surface area contributed by atoms with Crippen molar-refractivity contribution >= 4 is 17.7 Å². The molecule has 3 N–H and O–H groups in total. The molecule has 0 aromatic heterocycles. The first-order valence-electron chi connectivity index (χ1n) is 5.79. The number of rotatable bonds is 3. The van der Waals surface area contributed by atoms with Gasteiger partial charge in [-0.2, -0.15) is 0 Å². The second kappa shape index (κ2) is 7.40. The zero-order valence-corrected chi connectivity index (χ0v) is 12.4. The van der Waals surface area contributed by atoms with Gasteiger partial charge in [-0.05, 0) is 12.1 Å². The third-order valence-corrected chi connectivity index (χ3v) is 3.27. The molecule has 0 heterocycles. The molecule has 2 atom stereocenters. The molecule has 108 valence electrons. The Bertz CT molecular complexity index is 409. The van der Waals surface area contributed by atoms with Crippen molar-refractivity contribution in [3.8, 4) is 5.75 Å². The smallest absolute Gasteiger partial charge is 0.189 e. The summed E-state index contributed by atoms with van der Waals surface area (Å²) in [4.78, 5) is 10.5. The number of benzene rings is 1. The Kier molecular flexibility index (Phi) is 6.93. The summed E-state index contributed by atoms with van der Waals surface area (Å²) in [7, 11) is 3.55. The summed E-state index contributed by atoms with van der Waals surface area (Å²) in [5, 5.41) is 26.6. The van der Waals surface area contributed by atoms with Crippen molar-refractivity contribution in [2.24, 2.45) is 0 Å². The van der Waals surface area contributed by atoms with E-state index in [4.69, 9.17) is 15.3 Å². The van der Waals surface area contributed by atoms with E-state index in [1.165, 1.54) is 12.1 Å². The lowest BCUT2D eigenvalue weighted by atomic mass is 10.2. The van der Waals surface area contributed by atoms with Gasteiger partial charge in [0.05, 0.1) is 14.1 Å². The molecular weight excluding hydrogens is 266 g/mol. The minimum Gasteiger partial charge on any atom is -0.737 e. The monoisotopic (exact) mass is 287 g/mol. The standard InChI is InChI=1S/C7H6O2S.C6H16NO2/c8-6-4-2-1-3-5(6)7(9)10;1-5(8)7(3,4)6(2)9/h1-4,8H,(H,9,10);5-6,8-9H,1-4H3/q;+1/p-1. The predicted octanol–water partition coefficient (Wildman–Crippen LogP) is 0.819. The summed E-state index contributed by atoms with van der Waals surface area (Å²) in [6.45, 7) is 3.32. The lowest BCUT2D eigenvalue weighted by molar-refractivity contribution is -0.974. The van der Waals surface area contributed by atoms with Crippen LogP contribution in [0.2, 0.25) is 0 Å². The highest BCUT2D eigenvalue weighted by Crippen LogP contribution is 2.14. The summed E-state index contributed by atoms with van der Waals surface area (Å²) in [5.41, 5.74) is 0.192. The van der Waals surface area contributed by atoms with Crippen LogP contribution in [0.5, 0.6) is 5.75 Å². The van der Waals surface area contributed by atoms with Crippen LogP contribution < -0.4 is 0 Å². The largest absolute Gasteiger partial charge is 0.737 e. The Balaban J connectivity index is 0.000000344. The van der Waals surface area contributed by atoms with Gasteiger partial charge in [0.15, 0.2) is 12.5 Å². The Morgan fingerprint density at radius 2 is 1.58 bits per heavy atom. The maximum Gasteiger partial charge on any atom is 0.189 e. The van der Waals surface area contributed by atoms with Crippen molar-refractivity contribution in [3.63, 3.8) is 0 Å². The van der Waals surface area contributed by atoms with Crippen LogP contribution in [-0.4, -0.2) is 51.5 Å². The fourth-order valence-corrected chi connectivity index (χ4v) is 1.13. The van der Waals surface area contributed by atoms with Crippen LogP contribution in [0.1, 0.15) is 24.2 Å². The molecule has 0 saturated heterocycles. The van der Waals surface area contributed by atoms with Crippen molar-refractivity contribution in [2.45, 2.75) is 26.3 Å². The van der Waals surface area contributed by atoms with E-state index < -0.39 is 17.6 Å². The Morgan fingerprint density at radius 1 is 1.16 bits per heavy atom. The second-order valence-electron chi connectivity index (χ2n) is 4.70. The molecule has 0 aliphatic carbocycles. The molecular formula is C13H21NO4S. The average Bonchev–Trinajstić information content (AvgIpc) is 2.29. The highest BCUT2D eigenvalue weighted by Gasteiger charge is 2.26. The van der Waals surface area contributed by atoms with E-state index in [-0.39, 0.29) is 15.8 Å². The van der Waals surface area contributed by atoms with Crippen molar-refractivity contribution in [2.75, 3.05) is 14.1 Å². The van der Waals surface area contributed by atoms with Crippen LogP contribution >= 0.6 is 0 Å². The maximum atomic E-state index is 10.5. The van der Waals surface area contributed by atoms with Gasteiger partial charge in [-0.3, -0.25) is 4.48 Å². The molecule has 0 radical (unpaired) electrons. The molecule has 1 rings (SSSR count). The third-order valence-electron chi connectivity index (χ3n) is 3.05. The number of para-hydroxylation sites is 1. The SMILES string of the molecule is CC(O)[N+](C)(C)C(C)O.O=C([S-])c1ccccc1O. The van der Waals surface area contributed by atoms with Gasteiger partial charge in [-0.25, -0.2) is 0 Å². The molecule has 6 heteroatoms. The Hall–Kier alpha value is -1.21. The van der Waals surface area contributed by atoms with Gasteiger partial charge in [0.25, 0.3) is 0 Å². The zero-order chi connectivity index (χ0) is 15.2. The molecule has 0 saturated carbocycles. The average molecular weight is 287 g/mol. The van der Waals surface area contributed by atoms with Gasteiger partial charge in [0, 0.05) is 24.5 Å². The quantitative estimate of drug-likeness (QED) is 0.436. The summed E-state index contributed by atoms with van der Waals surface area (Å²) in [6, 6.07) is 6.21. The number of carbonyl (C=O) groups excluding carboxylic acids is 1. The van der Waals surface area contributed by atoms with Crippen LogP contribution in [0.25, 0.3) is 0 Å². The fraction of sp³-hybridized carbons (Fsp3) is 0.462. The van der Waals surface area contributed by atoms with Gasteiger partial charge in [-0.15, -0.1) is 0 Å². The fourth-order valence-electron chi connectivity index (χ4n) is 0.958. The summed E-state index contributed by atoms with van der Waals surface area (Å²) < 4.78 is 0.222. The molecule has 19 heavy (non-hydrogen) atoms. The van der Waals surface area contributed by atoms with E-state index in [1.54, 1.807) is 40.1 Å². The molecule has 1 aromatic rings. The first kappa shape index (κ1) is 17.8. The van der Waals surface area contributed by atoms with E-state index >= 15 is 0 Å². The topological polar surface area (TPSA) is 77.8 Å². The number of nitrogens with zero attached hydrogens (tertiary/aromatic N) is 1. The van der Waals surface area contributed by atoms with Gasteiger partial charge in [0.2, 0.25) is 0 Å². The van der Waals surface area contributed by atoms with Crippen molar-refractivity contribution in [1.29, 1.82) is 0 Å². The van der Waals surface area contributed by atoms with Crippen LogP contribution in [0, 0.1) is 0 Å². The van der Waals surface area contributed by atoms with E-state index in [0.717, 1.165) is 0 Å². The predicted molar refractivity (Wildman–Crippen MR) is 75.3 cm³/mol. The molecule has 0 bridgehead atoms. The summed E-state index contributed by atoms with van der Waals surface area (Å²) in [5.74, 6) is -0.0532. The van der Waals surface area contributed by atoms with E-state index in [9.17, 15) is 4.79 Å². The summed E-state index contributed by atoms with van der Waals surface area (Å²) in [6.07, 6.45) is -1.05. The van der Waals surface area contributed by atoms with Crippen LogP contribution in [0.4, 0.5) is 0 Å². The van der Waals surface area contributed by atoms with Crippen LogP contribution in [-0.2, 0) is 12.6 Å². The highest BCUT2D eigenvalue weighted by molar-refractivity contribution is 7.77. The number of aliphatic hydroxyl groups excluding tert-OH is 2. The van der Waals surface area contributed by atoms with E-state index in [0.29, 0.717) is 0 Å². The molecule has 0 spiro atoms. The number of phenols is 1. The van der Waals surface area contributed by atoms with Gasteiger partial charge in [0.1, 0.15) is 5.75 Å². The zero-order valence-electron chi connectivity index (χ0n) is 11.6. The minimum absolute atomic E-state index is 0.0532. The maximum absolute atomic E-state index is 10.5. The Labute approximate surface area is 119 Å². The molecule has 2 unspecified atom stereocenters. The third kappa shape index (κ3) is 5.52. The van der Waals surface area contributed by atoms with Gasteiger partial charge < -0.3 is 32.7 Å². The number of carbonyl (C=O) groups is 1. The lowest BCUT2D eigenvalue weighted by Gasteiger charge is -2.35. The first-order chi connectivity index (χ1) is 8.60. The molecule has 5 nitrogen and oxygen atoms in total. The number of phenolic OH excluding ortho intramolecular Hbond substituents is 1. The van der Waals surface area contributed by atoms with Gasteiger partial charge >= 0.3 is 0 Å². The second-order valence-corrected chi connectivity index (χ2v) is 5.07. The van der Waals surface area contributed by atoms with Gasteiger partial charge in [-0.1, -0.05) is 12.1 Å². The van der Waals surface area contributed by atoms with Crippen molar-refractivity contribution in [3.05, 3.63) is 29.8 Å². The Morgan fingerprint density at radius 3 is 1.79 bits per heavy atom.